The molecule has 0 bridgehead atoms. The van der Waals surface area contributed by atoms with E-state index in [1.807, 2.05) is 17.0 Å². The zero-order chi connectivity index (χ0) is 22.2. The molecule has 6 nitrogen and oxygen atoms in total. The van der Waals surface area contributed by atoms with E-state index in [-0.39, 0.29) is 11.8 Å². The van der Waals surface area contributed by atoms with Gasteiger partial charge in [-0.1, -0.05) is 38.2 Å². The summed E-state index contributed by atoms with van der Waals surface area (Å²) in [6.07, 6.45) is 12.7. The van der Waals surface area contributed by atoms with Crippen LogP contribution in [0.5, 0.6) is 0 Å². The summed E-state index contributed by atoms with van der Waals surface area (Å²) >= 11 is 0. The molecule has 1 saturated heterocycles. The maximum atomic E-state index is 13.1. The van der Waals surface area contributed by atoms with E-state index in [2.05, 4.69) is 15.6 Å². The van der Waals surface area contributed by atoms with Crippen LogP contribution in [-0.4, -0.2) is 40.8 Å². The van der Waals surface area contributed by atoms with Crippen LogP contribution in [0, 0.1) is 0 Å². The van der Waals surface area contributed by atoms with Gasteiger partial charge in [-0.2, -0.15) is 0 Å². The first kappa shape index (κ1) is 22.5. The summed E-state index contributed by atoms with van der Waals surface area (Å²) in [5.74, 6) is -0.223. The number of amides is 2. The number of hydrogen-bond donors (Lipinski definition) is 2. The highest BCUT2D eigenvalue weighted by atomic mass is 16.2. The van der Waals surface area contributed by atoms with E-state index in [1.54, 1.807) is 30.5 Å². The highest BCUT2D eigenvalue weighted by molar-refractivity contribution is 6.04. The molecule has 0 unspecified atom stereocenters. The number of carbonyl (C=O) groups is 2. The monoisotopic (exact) mass is 434 g/mol. The lowest BCUT2D eigenvalue weighted by Crippen LogP contribution is -2.30. The van der Waals surface area contributed by atoms with Crippen molar-refractivity contribution in [2.24, 2.45) is 0 Å². The molecule has 2 heterocycles. The number of benzene rings is 1. The third-order valence-electron chi connectivity index (χ3n) is 6.49. The zero-order valence-electron chi connectivity index (χ0n) is 18.8. The van der Waals surface area contributed by atoms with Crippen molar-refractivity contribution in [2.75, 3.05) is 18.4 Å². The van der Waals surface area contributed by atoms with E-state index >= 15 is 0 Å². The topological polar surface area (TPSA) is 74.3 Å². The van der Waals surface area contributed by atoms with Gasteiger partial charge in [0.2, 0.25) is 0 Å². The molecule has 1 aliphatic heterocycles. The van der Waals surface area contributed by atoms with Crippen molar-refractivity contribution >= 4 is 17.5 Å². The molecule has 2 aromatic rings. The van der Waals surface area contributed by atoms with Gasteiger partial charge in [-0.3, -0.25) is 14.6 Å². The minimum absolute atomic E-state index is 0.0450. The van der Waals surface area contributed by atoms with E-state index in [4.69, 9.17) is 0 Å². The van der Waals surface area contributed by atoms with Gasteiger partial charge < -0.3 is 15.5 Å². The van der Waals surface area contributed by atoms with Crippen molar-refractivity contribution in [2.45, 2.75) is 70.4 Å². The lowest BCUT2D eigenvalue weighted by Gasteiger charge is -2.22. The number of nitrogens with zero attached hydrogens (tertiary/aromatic N) is 2. The maximum absolute atomic E-state index is 13.1. The van der Waals surface area contributed by atoms with Crippen LogP contribution < -0.4 is 10.6 Å². The third kappa shape index (κ3) is 6.16. The molecule has 0 radical (unpaired) electrons. The Bertz CT molecular complexity index is 901. The Balaban J connectivity index is 1.51. The van der Waals surface area contributed by atoms with Gasteiger partial charge in [-0.25, -0.2) is 0 Å². The minimum Gasteiger partial charge on any atom is -0.339 e. The highest BCUT2D eigenvalue weighted by Crippen LogP contribution is 2.21. The Morgan fingerprint density at radius 3 is 2.41 bits per heavy atom. The van der Waals surface area contributed by atoms with E-state index < -0.39 is 0 Å². The first-order chi connectivity index (χ1) is 15.7. The van der Waals surface area contributed by atoms with E-state index in [9.17, 15) is 9.59 Å². The summed E-state index contributed by atoms with van der Waals surface area (Å²) in [7, 11) is 0. The molecule has 2 fully saturated rings. The number of aromatic nitrogens is 1. The lowest BCUT2D eigenvalue weighted by molar-refractivity contribution is 0.0792. The number of likely N-dealkylation sites (tertiary alicyclic amines) is 1. The normalized spacial score (nSPS) is 17.6. The van der Waals surface area contributed by atoms with Crippen molar-refractivity contribution in [1.82, 2.24) is 15.2 Å². The molecule has 2 aliphatic rings. The second-order valence-electron chi connectivity index (χ2n) is 9.01. The number of nitrogens with one attached hydrogen (secondary N) is 2. The van der Waals surface area contributed by atoms with Gasteiger partial charge in [0.1, 0.15) is 5.69 Å². The van der Waals surface area contributed by atoms with Gasteiger partial charge >= 0.3 is 0 Å². The second-order valence-corrected chi connectivity index (χ2v) is 9.01. The summed E-state index contributed by atoms with van der Waals surface area (Å²) in [5, 5.41) is 6.64. The summed E-state index contributed by atoms with van der Waals surface area (Å²) in [6.45, 7) is 2.30. The molecule has 1 aliphatic carbocycles. The molecule has 1 aromatic heterocycles. The minimum atomic E-state index is -0.268. The smallest absolute Gasteiger partial charge is 0.274 e. The van der Waals surface area contributed by atoms with Crippen molar-refractivity contribution in [1.29, 1.82) is 0 Å². The average Bonchev–Trinajstić information content (AvgIpc) is 3.33. The second kappa shape index (κ2) is 11.2. The van der Waals surface area contributed by atoms with Crippen LogP contribution in [0.1, 0.15) is 84.2 Å². The molecule has 2 N–H and O–H groups in total. The van der Waals surface area contributed by atoms with Crippen molar-refractivity contribution in [3.8, 4) is 0 Å². The lowest BCUT2D eigenvalue weighted by atomic mass is 9.96. The molecule has 32 heavy (non-hydrogen) atoms. The van der Waals surface area contributed by atoms with Crippen molar-refractivity contribution in [3.63, 3.8) is 0 Å². The average molecular weight is 435 g/mol. The van der Waals surface area contributed by atoms with E-state index in [0.717, 1.165) is 31.5 Å². The van der Waals surface area contributed by atoms with Crippen LogP contribution in [0.2, 0.25) is 0 Å². The van der Waals surface area contributed by atoms with Crippen LogP contribution in [0.4, 0.5) is 5.69 Å². The summed E-state index contributed by atoms with van der Waals surface area (Å²) in [4.78, 5) is 31.8. The predicted octanol–water partition coefficient (Wildman–Crippen LogP) is 4.77. The zero-order valence-corrected chi connectivity index (χ0v) is 18.8. The van der Waals surface area contributed by atoms with Crippen molar-refractivity contribution in [3.05, 3.63) is 59.4 Å². The van der Waals surface area contributed by atoms with Crippen LogP contribution in [0.25, 0.3) is 0 Å². The number of rotatable bonds is 6. The number of anilines is 1. The Morgan fingerprint density at radius 2 is 1.69 bits per heavy atom. The molecule has 0 atom stereocenters. The maximum Gasteiger partial charge on any atom is 0.274 e. The Morgan fingerprint density at radius 1 is 0.938 bits per heavy atom. The van der Waals surface area contributed by atoms with Gasteiger partial charge in [0, 0.05) is 43.1 Å². The van der Waals surface area contributed by atoms with Gasteiger partial charge in [0.05, 0.1) is 0 Å². The van der Waals surface area contributed by atoms with Gasteiger partial charge in [0.15, 0.2) is 0 Å². The van der Waals surface area contributed by atoms with Gasteiger partial charge in [-0.05, 0) is 61.6 Å². The van der Waals surface area contributed by atoms with Crippen LogP contribution in [0.3, 0.4) is 0 Å². The molecule has 6 heteroatoms. The predicted molar refractivity (Wildman–Crippen MR) is 127 cm³/mol. The molecule has 1 saturated carbocycles. The molecule has 2 amide bonds. The number of hydrogen-bond acceptors (Lipinski definition) is 4. The first-order valence-electron chi connectivity index (χ1n) is 12.1. The SMILES string of the molecule is O=C(Nc1cc(CNC2CCCCCCC2)cc(C(=O)N2CCCC2)c1)c1ccccn1. The fourth-order valence-corrected chi connectivity index (χ4v) is 4.71. The van der Waals surface area contributed by atoms with E-state index in [1.165, 1.54) is 44.9 Å². The molecule has 170 valence electrons. The summed E-state index contributed by atoms with van der Waals surface area (Å²) < 4.78 is 0. The third-order valence-corrected chi connectivity index (χ3v) is 6.49. The number of carbonyl (C=O) groups excluding carboxylic acids is 2. The van der Waals surface area contributed by atoms with Crippen LogP contribution in [-0.2, 0) is 6.54 Å². The standard InChI is InChI=1S/C26H34N4O2/c31-25(24-12-6-7-13-27-24)29-23-17-20(19-28-22-10-4-2-1-3-5-11-22)16-21(18-23)26(32)30-14-8-9-15-30/h6-7,12-13,16-18,22,28H,1-5,8-11,14-15,19H2,(H,29,31). The van der Waals surface area contributed by atoms with Crippen LogP contribution in [0.15, 0.2) is 42.6 Å². The Labute approximate surface area is 190 Å². The first-order valence-corrected chi connectivity index (χ1v) is 12.1. The number of pyridine rings is 1. The summed E-state index contributed by atoms with van der Waals surface area (Å²) in [6, 6.07) is 11.5. The molecule has 4 rings (SSSR count). The summed E-state index contributed by atoms with van der Waals surface area (Å²) in [5.41, 5.74) is 2.66. The van der Waals surface area contributed by atoms with Crippen LogP contribution >= 0.6 is 0 Å². The quantitative estimate of drug-likeness (QED) is 0.687. The Hall–Kier alpha value is -2.73. The molecular weight excluding hydrogens is 400 g/mol. The van der Waals surface area contributed by atoms with Gasteiger partial charge in [-0.15, -0.1) is 0 Å². The highest BCUT2D eigenvalue weighted by Gasteiger charge is 2.21. The molecular formula is C26H34N4O2. The van der Waals surface area contributed by atoms with Crippen molar-refractivity contribution < 1.29 is 9.59 Å². The largest absolute Gasteiger partial charge is 0.339 e. The molecule has 0 spiro atoms. The fraction of sp³-hybridized carbons (Fsp3) is 0.500. The Kier molecular flexibility index (Phi) is 7.88. The van der Waals surface area contributed by atoms with Gasteiger partial charge in [0.25, 0.3) is 11.8 Å². The fourth-order valence-electron chi connectivity index (χ4n) is 4.71. The van der Waals surface area contributed by atoms with E-state index in [0.29, 0.717) is 29.5 Å². The molecule has 1 aromatic carbocycles.